The van der Waals surface area contributed by atoms with Crippen LogP contribution in [0.25, 0.3) is 0 Å². The number of benzene rings is 2. The summed E-state index contributed by atoms with van der Waals surface area (Å²) < 4.78 is 33.3. The molecule has 0 radical (unpaired) electrons. The number of amides is 1. The second-order valence-electron chi connectivity index (χ2n) is 12.9. The van der Waals surface area contributed by atoms with Crippen LogP contribution in [0.2, 0.25) is 30.7 Å². The van der Waals surface area contributed by atoms with Crippen LogP contribution in [0.3, 0.4) is 0 Å². The first-order chi connectivity index (χ1) is 21.0. The number of aliphatic hydroxyl groups is 3. The van der Waals surface area contributed by atoms with Crippen molar-refractivity contribution in [1.82, 2.24) is 0 Å². The molecule has 1 aliphatic rings. The summed E-state index contributed by atoms with van der Waals surface area (Å²) in [5.41, 5.74) is 0.631. The summed E-state index contributed by atoms with van der Waals surface area (Å²) in [6.07, 6.45) is -7.46. The fourth-order valence-electron chi connectivity index (χ4n) is 4.21. The fourth-order valence-corrected chi connectivity index (χ4v) is 5.20. The van der Waals surface area contributed by atoms with Crippen LogP contribution in [-0.2, 0) is 25.6 Å². The first kappa shape index (κ1) is 36.6. The third-order valence-corrected chi connectivity index (χ3v) is 8.59. The molecule has 2 aromatic carbocycles. The number of rotatable bonds is 12. The van der Waals surface area contributed by atoms with Gasteiger partial charge in [-0.25, -0.2) is 9.59 Å². The number of aliphatic hydroxyl groups excluding tert-OH is 3. The van der Waals surface area contributed by atoms with Gasteiger partial charge in [-0.05, 0) is 56.6 Å². The molecule has 0 spiro atoms. The molecule has 3 rings (SSSR count). The number of methoxy groups -OCH3 is 1. The van der Waals surface area contributed by atoms with Crippen LogP contribution < -0.4 is 14.8 Å². The molecule has 0 bridgehead atoms. The highest BCUT2D eigenvalue weighted by molar-refractivity contribution is 6.76. The Hall–Kier alpha value is -2.91. The average molecular weight is 670 g/mol. The predicted octanol–water partition coefficient (Wildman–Crippen LogP) is 4.59. The van der Waals surface area contributed by atoms with Crippen LogP contribution in [0.4, 0.5) is 10.5 Å². The van der Waals surface area contributed by atoms with Crippen LogP contribution >= 0.6 is 11.6 Å². The van der Waals surface area contributed by atoms with Crippen molar-refractivity contribution in [2.24, 2.45) is 0 Å². The Morgan fingerprint density at radius 2 is 1.76 bits per heavy atom. The van der Waals surface area contributed by atoms with Crippen molar-refractivity contribution >= 4 is 37.4 Å². The van der Waals surface area contributed by atoms with E-state index in [1.54, 1.807) is 45.0 Å². The zero-order valence-corrected chi connectivity index (χ0v) is 28.4. The van der Waals surface area contributed by atoms with Gasteiger partial charge in [0.15, 0.2) is 17.8 Å². The van der Waals surface area contributed by atoms with Gasteiger partial charge in [-0.2, -0.15) is 0 Å². The SMILES string of the molecule is COc1cc(C(=O)OCC2O[C@@H](OCC[Si](C)(C)C)[C@H](O)[C@@H](O)[C@@H]2O)cc(Cl)c1OCc1cccc(NC(=O)OC(C)(C)C)c1. The van der Waals surface area contributed by atoms with Crippen molar-refractivity contribution in [3.8, 4) is 11.5 Å². The largest absolute Gasteiger partial charge is 0.493 e. The molecule has 0 aromatic heterocycles. The van der Waals surface area contributed by atoms with Crippen molar-refractivity contribution in [3.63, 3.8) is 0 Å². The van der Waals surface area contributed by atoms with Crippen LogP contribution in [0, 0.1) is 0 Å². The summed E-state index contributed by atoms with van der Waals surface area (Å²) in [5.74, 6) is -0.446. The first-order valence-corrected chi connectivity index (χ1v) is 18.6. The molecular weight excluding hydrogens is 626 g/mol. The van der Waals surface area contributed by atoms with E-state index in [9.17, 15) is 24.9 Å². The Bertz CT molecular complexity index is 1310. The zero-order valence-electron chi connectivity index (χ0n) is 26.7. The summed E-state index contributed by atoms with van der Waals surface area (Å²) in [7, 11) is -0.0351. The Labute approximate surface area is 269 Å². The van der Waals surface area contributed by atoms with E-state index in [0.717, 1.165) is 6.04 Å². The number of carbonyl (C=O) groups is 2. The third-order valence-electron chi connectivity index (χ3n) is 6.60. The maximum Gasteiger partial charge on any atom is 0.412 e. The molecule has 1 saturated heterocycles. The number of nitrogens with one attached hydrogen (secondary N) is 1. The van der Waals surface area contributed by atoms with Gasteiger partial charge in [0.25, 0.3) is 0 Å². The maximum atomic E-state index is 12.9. The number of esters is 1. The van der Waals surface area contributed by atoms with Crippen molar-refractivity contribution in [1.29, 1.82) is 0 Å². The Balaban J connectivity index is 1.62. The Morgan fingerprint density at radius 1 is 1.04 bits per heavy atom. The molecule has 4 N–H and O–H groups in total. The van der Waals surface area contributed by atoms with Crippen LogP contribution in [0.1, 0.15) is 36.7 Å². The van der Waals surface area contributed by atoms with E-state index < -0.39 is 63.1 Å². The number of hydrogen-bond donors (Lipinski definition) is 4. The molecule has 1 fully saturated rings. The van der Waals surface area contributed by atoms with Crippen LogP contribution in [0.15, 0.2) is 36.4 Å². The summed E-state index contributed by atoms with van der Waals surface area (Å²) in [4.78, 5) is 25.0. The van der Waals surface area contributed by atoms with Crippen molar-refractivity contribution in [3.05, 3.63) is 52.5 Å². The van der Waals surface area contributed by atoms with E-state index in [1.807, 2.05) is 0 Å². The molecule has 0 saturated carbocycles. The molecule has 1 amide bonds. The van der Waals surface area contributed by atoms with E-state index in [0.29, 0.717) is 17.9 Å². The molecule has 1 aliphatic heterocycles. The second kappa shape index (κ2) is 15.6. The van der Waals surface area contributed by atoms with Gasteiger partial charge in [-0.3, -0.25) is 5.32 Å². The fraction of sp³-hybridized carbons (Fsp3) is 0.548. The van der Waals surface area contributed by atoms with E-state index >= 15 is 0 Å². The molecule has 1 heterocycles. The molecule has 45 heavy (non-hydrogen) atoms. The minimum Gasteiger partial charge on any atom is -0.493 e. The topological polar surface area (TPSA) is 162 Å². The Morgan fingerprint density at radius 3 is 2.40 bits per heavy atom. The number of carbonyl (C=O) groups excluding carboxylic acids is 2. The Kier molecular flexibility index (Phi) is 12.7. The lowest BCUT2D eigenvalue weighted by Gasteiger charge is -2.40. The number of anilines is 1. The molecule has 250 valence electrons. The number of hydrogen-bond acceptors (Lipinski definition) is 11. The van der Waals surface area contributed by atoms with Gasteiger partial charge in [-0.15, -0.1) is 0 Å². The van der Waals surface area contributed by atoms with Gasteiger partial charge in [0, 0.05) is 20.4 Å². The van der Waals surface area contributed by atoms with E-state index in [2.05, 4.69) is 25.0 Å². The van der Waals surface area contributed by atoms with E-state index in [1.165, 1.54) is 19.2 Å². The molecule has 1 unspecified atom stereocenters. The molecular formula is C31H44ClNO11Si. The van der Waals surface area contributed by atoms with Gasteiger partial charge in [-0.1, -0.05) is 43.4 Å². The minimum absolute atomic E-state index is 0.0431. The van der Waals surface area contributed by atoms with Gasteiger partial charge in [0.1, 0.15) is 43.2 Å². The lowest BCUT2D eigenvalue weighted by Crippen LogP contribution is -2.59. The van der Waals surface area contributed by atoms with Crippen molar-refractivity contribution in [2.75, 3.05) is 25.6 Å². The first-order valence-electron chi connectivity index (χ1n) is 14.5. The lowest BCUT2D eigenvalue weighted by molar-refractivity contribution is -0.299. The molecule has 2 aromatic rings. The normalized spacial score (nSPS) is 22.0. The molecule has 0 aliphatic carbocycles. The average Bonchev–Trinajstić information content (AvgIpc) is 2.93. The lowest BCUT2D eigenvalue weighted by atomic mass is 9.99. The van der Waals surface area contributed by atoms with Crippen molar-refractivity contribution < 1.29 is 53.3 Å². The summed E-state index contributed by atoms with van der Waals surface area (Å²) >= 11 is 6.47. The molecule has 5 atom stereocenters. The quantitative estimate of drug-likeness (QED) is 0.185. The second-order valence-corrected chi connectivity index (χ2v) is 18.9. The maximum absolute atomic E-state index is 12.9. The smallest absolute Gasteiger partial charge is 0.412 e. The van der Waals surface area contributed by atoms with E-state index in [-0.39, 0.29) is 28.7 Å². The summed E-state index contributed by atoms with van der Waals surface area (Å²) in [6.45, 7) is 11.8. The third kappa shape index (κ3) is 11.1. The highest BCUT2D eigenvalue weighted by Gasteiger charge is 2.45. The summed E-state index contributed by atoms with van der Waals surface area (Å²) in [5, 5.41) is 33.8. The number of ether oxygens (including phenoxy) is 6. The van der Waals surface area contributed by atoms with Gasteiger partial charge >= 0.3 is 12.1 Å². The van der Waals surface area contributed by atoms with Crippen molar-refractivity contribution in [2.45, 2.75) is 89.4 Å². The highest BCUT2D eigenvalue weighted by Crippen LogP contribution is 2.37. The van der Waals surface area contributed by atoms with E-state index in [4.69, 9.17) is 40.0 Å². The summed E-state index contributed by atoms with van der Waals surface area (Å²) in [6, 6.07) is 10.5. The standard InChI is InChI=1S/C31H44ClNO11Si/c1-31(2,3)44-30(38)33-20-10-8-9-18(13-20)16-41-27-21(32)14-19(15-22(27)39-4)28(37)42-17-23-24(34)25(35)26(36)29(43-23)40-11-12-45(5,6)7/h8-10,13-15,23-26,29,34-36H,11-12,16-17H2,1-7H3,(H,33,38)/t23?,24-,25+,26-,29-/m1/s1. The van der Waals surface area contributed by atoms with Crippen LogP contribution in [0.5, 0.6) is 11.5 Å². The highest BCUT2D eigenvalue weighted by atomic mass is 35.5. The van der Waals surface area contributed by atoms with Gasteiger partial charge in [0.05, 0.1) is 17.7 Å². The van der Waals surface area contributed by atoms with Gasteiger partial charge in [0.2, 0.25) is 0 Å². The van der Waals surface area contributed by atoms with Gasteiger partial charge < -0.3 is 43.7 Å². The number of halogens is 1. The molecule has 12 nitrogen and oxygen atoms in total. The monoisotopic (exact) mass is 669 g/mol. The zero-order chi connectivity index (χ0) is 33.5. The predicted molar refractivity (Wildman–Crippen MR) is 170 cm³/mol. The molecule has 14 heteroatoms. The minimum atomic E-state index is -1.56. The van der Waals surface area contributed by atoms with Crippen LogP contribution in [-0.4, -0.2) is 92.1 Å².